The van der Waals surface area contributed by atoms with Gasteiger partial charge in [0.25, 0.3) is 5.91 Å². The summed E-state index contributed by atoms with van der Waals surface area (Å²) < 4.78 is 10.9. The van der Waals surface area contributed by atoms with Crippen molar-refractivity contribution in [2.24, 2.45) is 0 Å². The number of halogens is 1. The van der Waals surface area contributed by atoms with E-state index in [1.54, 1.807) is 0 Å². The first-order valence-electron chi connectivity index (χ1n) is 5.76. The predicted molar refractivity (Wildman–Crippen MR) is 60.6 cm³/mol. The minimum absolute atomic E-state index is 0.0102. The number of carbonyl (C=O) groups excluding carboxylic acids is 1. The number of nitrogens with zero attached hydrogens (tertiary/aromatic N) is 1. The van der Waals surface area contributed by atoms with E-state index < -0.39 is 5.60 Å². The standard InChI is InChI=1S/C11H18ClNO3/c1-11(3-2-5-16-11)10(14)13-4-6-15-8-9(13)7-12/h9H,2-8H2,1H3. The largest absolute Gasteiger partial charge is 0.377 e. The number of hydrogen-bond donors (Lipinski definition) is 0. The maximum atomic E-state index is 12.4. The number of carbonyl (C=O) groups is 1. The zero-order chi connectivity index (χ0) is 11.6. The fourth-order valence-electron chi connectivity index (χ4n) is 2.30. The second kappa shape index (κ2) is 4.90. The SMILES string of the molecule is CC1(C(=O)N2CCOCC2CCl)CCCO1. The van der Waals surface area contributed by atoms with E-state index in [0.717, 1.165) is 12.8 Å². The highest BCUT2D eigenvalue weighted by Crippen LogP contribution is 2.28. The Hall–Kier alpha value is -0.320. The fraction of sp³-hybridized carbons (Fsp3) is 0.909. The highest BCUT2D eigenvalue weighted by molar-refractivity contribution is 6.18. The van der Waals surface area contributed by atoms with Gasteiger partial charge < -0.3 is 14.4 Å². The molecule has 5 heteroatoms. The maximum absolute atomic E-state index is 12.4. The smallest absolute Gasteiger partial charge is 0.254 e. The molecule has 2 unspecified atom stereocenters. The average Bonchev–Trinajstić information content (AvgIpc) is 2.76. The van der Waals surface area contributed by atoms with Crippen LogP contribution in [0.2, 0.25) is 0 Å². The second-order valence-electron chi connectivity index (χ2n) is 4.56. The van der Waals surface area contributed by atoms with Gasteiger partial charge in [-0.05, 0) is 19.8 Å². The van der Waals surface area contributed by atoms with Crippen molar-refractivity contribution in [1.82, 2.24) is 4.90 Å². The van der Waals surface area contributed by atoms with Crippen molar-refractivity contribution < 1.29 is 14.3 Å². The van der Waals surface area contributed by atoms with Crippen molar-refractivity contribution in [2.75, 3.05) is 32.2 Å². The van der Waals surface area contributed by atoms with Crippen LogP contribution in [-0.2, 0) is 14.3 Å². The second-order valence-corrected chi connectivity index (χ2v) is 4.87. The third-order valence-corrected chi connectivity index (χ3v) is 3.69. The Kier molecular flexibility index (Phi) is 3.72. The molecular formula is C11H18ClNO3. The molecule has 0 bridgehead atoms. The normalized spacial score (nSPS) is 35.4. The van der Waals surface area contributed by atoms with E-state index in [-0.39, 0.29) is 11.9 Å². The third kappa shape index (κ3) is 2.19. The monoisotopic (exact) mass is 247 g/mol. The van der Waals surface area contributed by atoms with Crippen LogP contribution in [0.5, 0.6) is 0 Å². The number of ether oxygens (including phenoxy) is 2. The lowest BCUT2D eigenvalue weighted by Gasteiger charge is -2.38. The molecule has 0 saturated carbocycles. The average molecular weight is 248 g/mol. The Balaban J connectivity index is 2.07. The first-order valence-corrected chi connectivity index (χ1v) is 6.29. The molecule has 2 fully saturated rings. The highest BCUT2D eigenvalue weighted by atomic mass is 35.5. The van der Waals surface area contributed by atoms with Gasteiger partial charge in [0.05, 0.1) is 19.3 Å². The Bertz CT molecular complexity index is 266. The molecule has 0 N–H and O–H groups in total. The van der Waals surface area contributed by atoms with E-state index in [2.05, 4.69) is 0 Å². The van der Waals surface area contributed by atoms with E-state index >= 15 is 0 Å². The first kappa shape index (κ1) is 12.1. The van der Waals surface area contributed by atoms with Crippen molar-refractivity contribution >= 4 is 17.5 Å². The van der Waals surface area contributed by atoms with Crippen molar-refractivity contribution in [3.63, 3.8) is 0 Å². The minimum Gasteiger partial charge on any atom is -0.377 e. The van der Waals surface area contributed by atoms with Gasteiger partial charge in [0.1, 0.15) is 5.60 Å². The fourth-order valence-corrected chi connectivity index (χ4v) is 2.56. The van der Waals surface area contributed by atoms with Crippen LogP contribution < -0.4 is 0 Å². The molecule has 0 aliphatic carbocycles. The highest BCUT2D eigenvalue weighted by Gasteiger charge is 2.43. The molecule has 2 saturated heterocycles. The van der Waals surface area contributed by atoms with Crippen LogP contribution in [0.1, 0.15) is 19.8 Å². The van der Waals surface area contributed by atoms with Crippen LogP contribution in [0.3, 0.4) is 0 Å². The molecule has 2 heterocycles. The summed E-state index contributed by atoms with van der Waals surface area (Å²) >= 11 is 5.86. The lowest BCUT2D eigenvalue weighted by molar-refractivity contribution is -0.158. The maximum Gasteiger partial charge on any atom is 0.254 e. The molecule has 2 atom stereocenters. The Morgan fingerprint density at radius 1 is 1.56 bits per heavy atom. The molecule has 0 radical (unpaired) electrons. The number of hydrogen-bond acceptors (Lipinski definition) is 3. The lowest BCUT2D eigenvalue weighted by atomic mass is 10.00. The minimum atomic E-state index is -0.637. The molecule has 16 heavy (non-hydrogen) atoms. The number of morpholine rings is 1. The lowest BCUT2D eigenvalue weighted by Crippen LogP contribution is -2.56. The summed E-state index contributed by atoms with van der Waals surface area (Å²) in [5, 5.41) is 0. The third-order valence-electron chi connectivity index (χ3n) is 3.34. The van der Waals surface area contributed by atoms with E-state index in [0.29, 0.717) is 32.2 Å². The zero-order valence-corrected chi connectivity index (χ0v) is 10.3. The van der Waals surface area contributed by atoms with E-state index in [1.807, 2.05) is 11.8 Å². The quantitative estimate of drug-likeness (QED) is 0.684. The summed E-state index contributed by atoms with van der Waals surface area (Å²) in [6, 6.07) is -0.0102. The number of rotatable bonds is 2. The number of alkyl halides is 1. The van der Waals surface area contributed by atoms with Crippen molar-refractivity contribution in [3.05, 3.63) is 0 Å². The van der Waals surface area contributed by atoms with Crippen LogP contribution >= 0.6 is 11.6 Å². The van der Waals surface area contributed by atoms with Gasteiger partial charge in [0.2, 0.25) is 0 Å². The first-order chi connectivity index (χ1) is 7.67. The molecule has 2 aliphatic heterocycles. The van der Waals surface area contributed by atoms with Gasteiger partial charge in [-0.25, -0.2) is 0 Å². The van der Waals surface area contributed by atoms with E-state index in [1.165, 1.54) is 0 Å². The van der Waals surface area contributed by atoms with Gasteiger partial charge in [-0.2, -0.15) is 0 Å². The van der Waals surface area contributed by atoms with Gasteiger partial charge in [-0.15, -0.1) is 11.6 Å². The predicted octanol–water partition coefficient (Wildman–Crippen LogP) is 1.02. The topological polar surface area (TPSA) is 38.8 Å². The van der Waals surface area contributed by atoms with Crippen LogP contribution in [0.4, 0.5) is 0 Å². The molecule has 0 spiro atoms. The van der Waals surface area contributed by atoms with E-state index in [4.69, 9.17) is 21.1 Å². The van der Waals surface area contributed by atoms with Crippen molar-refractivity contribution in [1.29, 1.82) is 0 Å². The summed E-state index contributed by atoms with van der Waals surface area (Å²) in [5.74, 6) is 0.487. The van der Waals surface area contributed by atoms with Gasteiger partial charge in [-0.3, -0.25) is 4.79 Å². The summed E-state index contributed by atoms with van der Waals surface area (Å²) in [7, 11) is 0. The Morgan fingerprint density at radius 2 is 2.38 bits per heavy atom. The summed E-state index contributed by atoms with van der Waals surface area (Å²) in [5.41, 5.74) is -0.637. The molecule has 0 aromatic carbocycles. The van der Waals surface area contributed by atoms with Gasteiger partial charge in [0.15, 0.2) is 0 Å². The molecule has 0 aromatic heterocycles. The van der Waals surface area contributed by atoms with Gasteiger partial charge in [-0.1, -0.05) is 0 Å². The van der Waals surface area contributed by atoms with E-state index in [9.17, 15) is 4.79 Å². The molecule has 2 aliphatic rings. The molecule has 4 nitrogen and oxygen atoms in total. The van der Waals surface area contributed by atoms with Crippen LogP contribution in [0, 0.1) is 0 Å². The summed E-state index contributed by atoms with van der Waals surface area (Å²) in [6.07, 6.45) is 1.76. The van der Waals surface area contributed by atoms with Crippen molar-refractivity contribution in [3.8, 4) is 0 Å². The van der Waals surface area contributed by atoms with Crippen molar-refractivity contribution in [2.45, 2.75) is 31.4 Å². The molecule has 92 valence electrons. The summed E-state index contributed by atoms with van der Waals surface area (Å²) in [6.45, 7) is 4.30. The van der Waals surface area contributed by atoms with Gasteiger partial charge >= 0.3 is 0 Å². The van der Waals surface area contributed by atoms with Crippen LogP contribution in [0.25, 0.3) is 0 Å². The number of amides is 1. The summed E-state index contributed by atoms with van der Waals surface area (Å²) in [4.78, 5) is 14.2. The molecule has 2 rings (SSSR count). The Labute approximate surface area is 101 Å². The molecular weight excluding hydrogens is 230 g/mol. The van der Waals surface area contributed by atoms with Crippen LogP contribution in [-0.4, -0.2) is 54.7 Å². The zero-order valence-electron chi connectivity index (χ0n) is 9.58. The van der Waals surface area contributed by atoms with Crippen LogP contribution in [0.15, 0.2) is 0 Å². The Morgan fingerprint density at radius 3 is 3.00 bits per heavy atom. The van der Waals surface area contributed by atoms with Gasteiger partial charge in [0, 0.05) is 19.0 Å². The molecule has 0 aromatic rings. The molecule has 1 amide bonds.